The Morgan fingerprint density at radius 3 is 2.85 bits per heavy atom. The second kappa shape index (κ2) is 5.73. The number of aliphatic carboxylic acids is 1. The van der Waals surface area contributed by atoms with Gasteiger partial charge in [0.25, 0.3) is 5.91 Å². The highest BCUT2D eigenvalue weighted by Gasteiger charge is 2.24. The van der Waals surface area contributed by atoms with Crippen molar-refractivity contribution in [3.8, 4) is 0 Å². The highest BCUT2D eigenvalue weighted by atomic mass is 16.4. The van der Waals surface area contributed by atoms with Crippen molar-refractivity contribution in [1.82, 2.24) is 15.1 Å². The largest absolute Gasteiger partial charge is 0.480 e. The Balaban J connectivity index is 2.40. The standard InChI is InChI=1S/C14H17N3O3/c1-3-9(2)17(8-12(18)19)14(20)11-6-4-5-10-7-15-16-13(10)11/h4-7,9H,3,8H2,1-2H3,(H,15,16)(H,18,19). The quantitative estimate of drug-likeness (QED) is 0.872. The number of amides is 1. The molecule has 0 radical (unpaired) electrons. The molecule has 20 heavy (non-hydrogen) atoms. The summed E-state index contributed by atoms with van der Waals surface area (Å²) in [4.78, 5) is 24.9. The van der Waals surface area contributed by atoms with Crippen LogP contribution in [0, 0.1) is 0 Å². The Labute approximate surface area is 116 Å². The Kier molecular flexibility index (Phi) is 4.02. The molecule has 6 nitrogen and oxygen atoms in total. The van der Waals surface area contributed by atoms with E-state index in [1.165, 1.54) is 4.90 Å². The molecule has 2 rings (SSSR count). The first-order valence-corrected chi connectivity index (χ1v) is 6.49. The first-order chi connectivity index (χ1) is 9.54. The number of fused-ring (bicyclic) bond motifs is 1. The predicted molar refractivity (Wildman–Crippen MR) is 74.5 cm³/mol. The number of para-hydroxylation sites is 1. The summed E-state index contributed by atoms with van der Waals surface area (Å²) in [5, 5.41) is 16.5. The van der Waals surface area contributed by atoms with Crippen molar-refractivity contribution in [2.45, 2.75) is 26.3 Å². The van der Waals surface area contributed by atoms with Gasteiger partial charge in [-0.2, -0.15) is 5.10 Å². The van der Waals surface area contributed by atoms with Crippen LogP contribution in [0.4, 0.5) is 0 Å². The molecule has 106 valence electrons. The second-order valence-corrected chi connectivity index (χ2v) is 4.72. The number of hydrogen-bond donors (Lipinski definition) is 2. The van der Waals surface area contributed by atoms with Gasteiger partial charge in [0.2, 0.25) is 0 Å². The minimum atomic E-state index is -1.02. The lowest BCUT2D eigenvalue weighted by molar-refractivity contribution is -0.138. The van der Waals surface area contributed by atoms with Crippen LogP contribution in [-0.4, -0.2) is 44.7 Å². The number of carboxylic acids is 1. The Morgan fingerprint density at radius 1 is 1.45 bits per heavy atom. The van der Waals surface area contributed by atoms with Crippen molar-refractivity contribution in [2.24, 2.45) is 0 Å². The number of aromatic amines is 1. The molecule has 1 aromatic heterocycles. The maximum atomic E-state index is 12.6. The van der Waals surface area contributed by atoms with Gasteiger partial charge in [0.1, 0.15) is 6.54 Å². The SMILES string of the molecule is CCC(C)N(CC(=O)O)C(=O)c1cccc2cn[nH]c12. The van der Waals surface area contributed by atoms with Crippen LogP contribution < -0.4 is 0 Å². The number of rotatable bonds is 5. The molecule has 0 spiro atoms. The summed E-state index contributed by atoms with van der Waals surface area (Å²) in [5.41, 5.74) is 1.08. The molecule has 0 bridgehead atoms. The van der Waals surface area contributed by atoms with E-state index >= 15 is 0 Å². The van der Waals surface area contributed by atoms with E-state index in [1.54, 1.807) is 18.3 Å². The van der Waals surface area contributed by atoms with Crippen LogP contribution in [0.1, 0.15) is 30.6 Å². The van der Waals surface area contributed by atoms with Crippen molar-refractivity contribution in [3.63, 3.8) is 0 Å². The predicted octanol–water partition coefficient (Wildman–Crippen LogP) is 1.89. The Hall–Kier alpha value is -2.37. The van der Waals surface area contributed by atoms with Crippen LogP contribution in [0.2, 0.25) is 0 Å². The number of nitrogens with zero attached hydrogens (tertiary/aromatic N) is 2. The number of H-pyrrole nitrogens is 1. The topological polar surface area (TPSA) is 86.3 Å². The molecule has 2 N–H and O–H groups in total. The molecule has 0 aliphatic heterocycles. The minimum absolute atomic E-state index is 0.142. The average molecular weight is 275 g/mol. The average Bonchev–Trinajstić information content (AvgIpc) is 2.91. The zero-order chi connectivity index (χ0) is 14.7. The maximum absolute atomic E-state index is 12.6. The first-order valence-electron chi connectivity index (χ1n) is 6.49. The second-order valence-electron chi connectivity index (χ2n) is 4.72. The molecule has 1 aromatic carbocycles. The highest BCUT2D eigenvalue weighted by Crippen LogP contribution is 2.19. The number of hydrogen-bond acceptors (Lipinski definition) is 3. The number of benzene rings is 1. The van der Waals surface area contributed by atoms with Gasteiger partial charge < -0.3 is 10.0 Å². The third kappa shape index (κ3) is 2.64. The van der Waals surface area contributed by atoms with E-state index in [9.17, 15) is 9.59 Å². The zero-order valence-corrected chi connectivity index (χ0v) is 11.5. The van der Waals surface area contributed by atoms with Gasteiger partial charge in [0, 0.05) is 11.4 Å². The highest BCUT2D eigenvalue weighted by molar-refractivity contribution is 6.06. The van der Waals surface area contributed by atoms with Gasteiger partial charge >= 0.3 is 5.97 Å². The summed E-state index contributed by atoms with van der Waals surface area (Å²) in [7, 11) is 0. The van der Waals surface area contributed by atoms with E-state index in [-0.39, 0.29) is 18.5 Å². The summed E-state index contributed by atoms with van der Waals surface area (Å²) in [6.45, 7) is 3.45. The number of carboxylic acid groups (broad SMARTS) is 1. The molecule has 0 fully saturated rings. The van der Waals surface area contributed by atoms with Gasteiger partial charge in [-0.1, -0.05) is 19.1 Å². The maximum Gasteiger partial charge on any atom is 0.323 e. The van der Waals surface area contributed by atoms with Crippen LogP contribution in [0.25, 0.3) is 10.9 Å². The molecule has 1 amide bonds. The summed E-state index contributed by atoms with van der Waals surface area (Å²) in [5.74, 6) is -1.31. The monoisotopic (exact) mass is 275 g/mol. The summed E-state index contributed by atoms with van der Waals surface area (Å²) < 4.78 is 0. The van der Waals surface area contributed by atoms with E-state index < -0.39 is 5.97 Å². The van der Waals surface area contributed by atoms with Crippen molar-refractivity contribution < 1.29 is 14.7 Å². The normalized spacial score (nSPS) is 12.3. The van der Waals surface area contributed by atoms with Crippen LogP contribution >= 0.6 is 0 Å². The smallest absolute Gasteiger partial charge is 0.323 e. The van der Waals surface area contributed by atoms with Gasteiger partial charge in [-0.05, 0) is 19.4 Å². The lowest BCUT2D eigenvalue weighted by Crippen LogP contribution is -2.41. The molecule has 0 aliphatic rings. The minimum Gasteiger partial charge on any atom is -0.480 e. The van der Waals surface area contributed by atoms with Gasteiger partial charge in [0.05, 0.1) is 17.3 Å². The Bertz CT molecular complexity index is 635. The molecule has 1 heterocycles. The third-order valence-corrected chi connectivity index (χ3v) is 3.40. The summed E-state index contributed by atoms with van der Waals surface area (Å²) >= 11 is 0. The molecule has 0 saturated carbocycles. The number of carbonyl (C=O) groups is 2. The lowest BCUT2D eigenvalue weighted by Gasteiger charge is -2.27. The van der Waals surface area contributed by atoms with Crippen LogP contribution in [0.15, 0.2) is 24.4 Å². The summed E-state index contributed by atoms with van der Waals surface area (Å²) in [6, 6.07) is 5.15. The van der Waals surface area contributed by atoms with E-state index in [0.717, 1.165) is 5.39 Å². The van der Waals surface area contributed by atoms with E-state index in [2.05, 4.69) is 10.2 Å². The fraction of sp³-hybridized carbons (Fsp3) is 0.357. The van der Waals surface area contributed by atoms with Crippen molar-refractivity contribution in [2.75, 3.05) is 6.54 Å². The fourth-order valence-electron chi connectivity index (χ4n) is 2.10. The van der Waals surface area contributed by atoms with E-state index in [0.29, 0.717) is 17.5 Å². The van der Waals surface area contributed by atoms with Crippen molar-refractivity contribution in [3.05, 3.63) is 30.0 Å². The number of nitrogens with one attached hydrogen (secondary N) is 1. The van der Waals surface area contributed by atoms with Crippen molar-refractivity contribution >= 4 is 22.8 Å². The zero-order valence-electron chi connectivity index (χ0n) is 11.5. The fourth-order valence-corrected chi connectivity index (χ4v) is 2.10. The lowest BCUT2D eigenvalue weighted by atomic mass is 10.1. The van der Waals surface area contributed by atoms with Gasteiger partial charge in [-0.15, -0.1) is 0 Å². The first kappa shape index (κ1) is 14.0. The van der Waals surface area contributed by atoms with Gasteiger partial charge in [0.15, 0.2) is 0 Å². The molecule has 1 atom stereocenters. The molecule has 6 heteroatoms. The van der Waals surface area contributed by atoms with E-state index in [4.69, 9.17) is 5.11 Å². The molecule has 1 unspecified atom stereocenters. The third-order valence-electron chi connectivity index (χ3n) is 3.40. The van der Waals surface area contributed by atoms with E-state index in [1.807, 2.05) is 19.9 Å². The van der Waals surface area contributed by atoms with Crippen molar-refractivity contribution in [1.29, 1.82) is 0 Å². The van der Waals surface area contributed by atoms with Gasteiger partial charge in [-0.3, -0.25) is 14.7 Å². The van der Waals surface area contributed by atoms with Crippen LogP contribution in [0.3, 0.4) is 0 Å². The molecule has 0 saturated heterocycles. The molecular weight excluding hydrogens is 258 g/mol. The Morgan fingerprint density at radius 2 is 2.20 bits per heavy atom. The van der Waals surface area contributed by atoms with Crippen LogP contribution in [-0.2, 0) is 4.79 Å². The molecular formula is C14H17N3O3. The number of carbonyl (C=O) groups excluding carboxylic acids is 1. The summed E-state index contributed by atoms with van der Waals surface area (Å²) in [6.07, 6.45) is 2.33. The van der Waals surface area contributed by atoms with Crippen LogP contribution in [0.5, 0.6) is 0 Å². The molecule has 0 aliphatic carbocycles. The number of aromatic nitrogens is 2. The van der Waals surface area contributed by atoms with Gasteiger partial charge in [-0.25, -0.2) is 0 Å². The molecule has 2 aromatic rings.